The van der Waals surface area contributed by atoms with Crippen LogP contribution in [0.2, 0.25) is 0 Å². The van der Waals surface area contributed by atoms with Crippen molar-refractivity contribution in [2.24, 2.45) is 7.05 Å². The molecule has 0 fully saturated rings. The van der Waals surface area contributed by atoms with E-state index < -0.39 is 0 Å². The summed E-state index contributed by atoms with van der Waals surface area (Å²) in [6, 6.07) is 2.15. The van der Waals surface area contributed by atoms with Crippen molar-refractivity contribution in [3.8, 4) is 6.07 Å². The third-order valence-electron chi connectivity index (χ3n) is 3.35. The number of rotatable bonds is 3. The lowest BCUT2D eigenvalue weighted by Crippen LogP contribution is -2.09. The Hall–Kier alpha value is -2.29. The molecule has 0 aromatic carbocycles. The summed E-state index contributed by atoms with van der Waals surface area (Å²) in [5.41, 5.74) is 8.55. The number of nitrogens with zero attached hydrogens (tertiary/aromatic N) is 5. The summed E-state index contributed by atoms with van der Waals surface area (Å²) < 4.78 is 3.84. The Morgan fingerprint density at radius 1 is 1.44 bits per heavy atom. The third-order valence-corrected chi connectivity index (χ3v) is 3.35. The molecule has 2 aromatic rings. The molecule has 0 aliphatic heterocycles. The molecule has 0 aliphatic rings. The summed E-state index contributed by atoms with van der Waals surface area (Å²) in [6.45, 7) is 4.60. The molecule has 2 heterocycles. The summed E-state index contributed by atoms with van der Waals surface area (Å²) in [6.07, 6.45) is 2.41. The van der Waals surface area contributed by atoms with E-state index in [4.69, 9.17) is 11.0 Å². The number of hydrogen-bond acceptors (Lipinski definition) is 4. The van der Waals surface area contributed by atoms with E-state index in [2.05, 4.69) is 16.3 Å². The SMILES string of the molecule is Cc1c(C#N)c(N)n(CCc2nncn2C)c1C. The summed E-state index contributed by atoms with van der Waals surface area (Å²) in [4.78, 5) is 0. The van der Waals surface area contributed by atoms with Gasteiger partial charge in [0, 0.05) is 25.7 Å². The van der Waals surface area contributed by atoms with E-state index in [1.807, 2.05) is 30.0 Å². The van der Waals surface area contributed by atoms with Gasteiger partial charge in [0.25, 0.3) is 0 Å². The van der Waals surface area contributed by atoms with Gasteiger partial charge >= 0.3 is 0 Å². The van der Waals surface area contributed by atoms with E-state index >= 15 is 0 Å². The number of anilines is 1. The molecule has 0 unspecified atom stereocenters. The standard InChI is InChI=1S/C12H16N6/c1-8-9(2)18(12(14)10(8)6-13)5-4-11-16-15-7-17(11)3/h7H,4-5,14H2,1-3H3. The molecule has 2 rings (SSSR count). The van der Waals surface area contributed by atoms with Crippen LogP contribution in [0.5, 0.6) is 0 Å². The van der Waals surface area contributed by atoms with E-state index in [1.54, 1.807) is 6.33 Å². The van der Waals surface area contributed by atoms with Crippen LogP contribution in [0.1, 0.15) is 22.6 Å². The highest BCUT2D eigenvalue weighted by Gasteiger charge is 2.15. The summed E-state index contributed by atoms with van der Waals surface area (Å²) in [7, 11) is 1.91. The minimum absolute atomic E-state index is 0.537. The van der Waals surface area contributed by atoms with E-state index in [0.29, 0.717) is 17.9 Å². The topological polar surface area (TPSA) is 85.4 Å². The van der Waals surface area contributed by atoms with Crippen LogP contribution in [0.15, 0.2) is 6.33 Å². The number of nitriles is 1. The molecule has 0 amide bonds. The monoisotopic (exact) mass is 244 g/mol. The Kier molecular flexibility index (Phi) is 3.06. The normalized spacial score (nSPS) is 10.6. The fourth-order valence-corrected chi connectivity index (χ4v) is 2.07. The largest absolute Gasteiger partial charge is 0.384 e. The highest BCUT2D eigenvalue weighted by atomic mass is 15.2. The Morgan fingerprint density at radius 3 is 2.67 bits per heavy atom. The van der Waals surface area contributed by atoms with Crippen LogP contribution in [-0.4, -0.2) is 19.3 Å². The number of nitrogens with two attached hydrogens (primary N) is 1. The molecule has 18 heavy (non-hydrogen) atoms. The van der Waals surface area contributed by atoms with Crippen molar-refractivity contribution in [3.05, 3.63) is 29.0 Å². The second-order valence-corrected chi connectivity index (χ2v) is 4.34. The lowest BCUT2D eigenvalue weighted by atomic mass is 10.2. The number of aryl methyl sites for hydroxylation is 2. The Labute approximate surface area is 106 Å². The Bertz CT molecular complexity index is 613. The predicted octanol–water partition coefficient (Wildman–Crippen LogP) is 0.930. The van der Waals surface area contributed by atoms with Gasteiger partial charge in [-0.25, -0.2) is 0 Å². The van der Waals surface area contributed by atoms with E-state index in [1.165, 1.54) is 0 Å². The van der Waals surface area contributed by atoms with Crippen molar-refractivity contribution in [3.63, 3.8) is 0 Å². The van der Waals surface area contributed by atoms with Gasteiger partial charge in [0.15, 0.2) is 0 Å². The van der Waals surface area contributed by atoms with Crippen LogP contribution >= 0.6 is 0 Å². The van der Waals surface area contributed by atoms with Crippen molar-refractivity contribution < 1.29 is 0 Å². The number of aromatic nitrogens is 4. The van der Waals surface area contributed by atoms with Crippen molar-refractivity contribution in [1.82, 2.24) is 19.3 Å². The lowest BCUT2D eigenvalue weighted by molar-refractivity contribution is 0.644. The zero-order valence-electron chi connectivity index (χ0n) is 10.8. The van der Waals surface area contributed by atoms with Crippen LogP contribution in [-0.2, 0) is 20.0 Å². The van der Waals surface area contributed by atoms with Gasteiger partial charge in [0.1, 0.15) is 24.0 Å². The number of nitrogen functional groups attached to an aromatic ring is 1. The molecular weight excluding hydrogens is 228 g/mol. The van der Waals surface area contributed by atoms with E-state index in [-0.39, 0.29) is 0 Å². The molecule has 0 saturated heterocycles. The first kappa shape index (κ1) is 12.2. The van der Waals surface area contributed by atoms with Gasteiger partial charge in [-0.2, -0.15) is 5.26 Å². The van der Waals surface area contributed by atoms with Gasteiger partial charge in [-0.05, 0) is 19.4 Å². The predicted molar refractivity (Wildman–Crippen MR) is 67.7 cm³/mol. The van der Waals surface area contributed by atoms with Gasteiger partial charge in [-0.3, -0.25) is 0 Å². The molecule has 0 atom stereocenters. The molecule has 2 N–H and O–H groups in total. The molecular formula is C12H16N6. The summed E-state index contributed by atoms with van der Waals surface area (Å²) in [5, 5.41) is 16.9. The second kappa shape index (κ2) is 4.53. The van der Waals surface area contributed by atoms with Gasteiger partial charge in [0.05, 0.1) is 5.56 Å². The maximum absolute atomic E-state index is 9.06. The molecule has 0 spiro atoms. The minimum Gasteiger partial charge on any atom is -0.384 e. The highest BCUT2D eigenvalue weighted by molar-refractivity contribution is 5.57. The molecule has 6 heteroatoms. The summed E-state index contributed by atoms with van der Waals surface area (Å²) >= 11 is 0. The first-order valence-electron chi connectivity index (χ1n) is 5.74. The average molecular weight is 244 g/mol. The molecule has 94 valence electrons. The average Bonchev–Trinajstić information content (AvgIpc) is 2.83. The first-order chi connectivity index (χ1) is 8.56. The zero-order valence-corrected chi connectivity index (χ0v) is 10.8. The second-order valence-electron chi connectivity index (χ2n) is 4.34. The molecule has 6 nitrogen and oxygen atoms in total. The van der Waals surface area contributed by atoms with Gasteiger partial charge in [0.2, 0.25) is 0 Å². The van der Waals surface area contributed by atoms with Gasteiger partial charge in [-0.1, -0.05) is 0 Å². The van der Waals surface area contributed by atoms with Crippen LogP contribution in [0, 0.1) is 25.2 Å². The maximum Gasteiger partial charge on any atom is 0.134 e. The van der Waals surface area contributed by atoms with Crippen molar-refractivity contribution in [1.29, 1.82) is 5.26 Å². The van der Waals surface area contributed by atoms with E-state index in [0.717, 1.165) is 23.5 Å². The zero-order chi connectivity index (χ0) is 13.3. The number of hydrogen-bond donors (Lipinski definition) is 1. The van der Waals surface area contributed by atoms with E-state index in [9.17, 15) is 0 Å². The lowest BCUT2D eigenvalue weighted by Gasteiger charge is -2.08. The Balaban J connectivity index is 2.26. The Morgan fingerprint density at radius 2 is 2.17 bits per heavy atom. The third kappa shape index (κ3) is 1.84. The molecule has 0 bridgehead atoms. The van der Waals surface area contributed by atoms with Crippen molar-refractivity contribution in [2.45, 2.75) is 26.8 Å². The summed E-state index contributed by atoms with van der Waals surface area (Å²) in [5.74, 6) is 1.44. The minimum atomic E-state index is 0.537. The van der Waals surface area contributed by atoms with Gasteiger partial charge < -0.3 is 14.9 Å². The quantitative estimate of drug-likeness (QED) is 0.870. The van der Waals surface area contributed by atoms with Crippen LogP contribution < -0.4 is 5.73 Å². The fourth-order valence-electron chi connectivity index (χ4n) is 2.07. The van der Waals surface area contributed by atoms with Crippen molar-refractivity contribution in [2.75, 3.05) is 5.73 Å². The van der Waals surface area contributed by atoms with Crippen molar-refractivity contribution >= 4 is 5.82 Å². The van der Waals surface area contributed by atoms with Gasteiger partial charge in [-0.15, -0.1) is 10.2 Å². The smallest absolute Gasteiger partial charge is 0.134 e. The highest BCUT2D eigenvalue weighted by Crippen LogP contribution is 2.23. The molecule has 0 aliphatic carbocycles. The van der Waals surface area contributed by atoms with Crippen LogP contribution in [0.25, 0.3) is 0 Å². The molecule has 0 saturated carbocycles. The maximum atomic E-state index is 9.06. The van der Waals surface area contributed by atoms with Crippen LogP contribution in [0.3, 0.4) is 0 Å². The molecule has 0 radical (unpaired) electrons. The fraction of sp³-hybridized carbons (Fsp3) is 0.417. The first-order valence-corrected chi connectivity index (χ1v) is 5.74. The van der Waals surface area contributed by atoms with Crippen LogP contribution in [0.4, 0.5) is 5.82 Å². The molecule has 2 aromatic heterocycles.